The van der Waals surface area contributed by atoms with E-state index < -0.39 is 0 Å². The van der Waals surface area contributed by atoms with Crippen LogP contribution in [0.2, 0.25) is 0 Å². The third-order valence-corrected chi connectivity index (χ3v) is 3.19. The second-order valence-electron chi connectivity index (χ2n) is 2.02. The molecule has 0 radical (unpaired) electrons. The first-order valence-electron chi connectivity index (χ1n) is 2.97. The first kappa shape index (κ1) is 6.38. The molecule has 0 N–H and O–H groups in total. The summed E-state index contributed by atoms with van der Waals surface area (Å²) in [7, 11) is 0. The van der Waals surface area contributed by atoms with Crippen LogP contribution in [0.15, 0.2) is 24.3 Å². The van der Waals surface area contributed by atoms with E-state index in [4.69, 9.17) is 0 Å². The molecule has 10 heavy (non-hydrogen) atoms. The maximum absolute atomic E-state index is 4.36. The van der Waals surface area contributed by atoms with Crippen molar-refractivity contribution in [3.63, 3.8) is 0 Å². The molecule has 0 bridgehead atoms. The standard InChI is InChI=1S/C7H6AsNS/c8-7-9-5-3-1-2-4-6(5)10-7/h1-4H,8H2. The van der Waals surface area contributed by atoms with Crippen molar-refractivity contribution in [1.29, 1.82) is 0 Å². The van der Waals surface area contributed by atoms with Gasteiger partial charge in [0.25, 0.3) is 0 Å². The Hall–Kier alpha value is -0.332. The van der Waals surface area contributed by atoms with Crippen molar-refractivity contribution in [2.45, 2.75) is 0 Å². The molecular formula is C7H6AsNS. The van der Waals surface area contributed by atoms with Crippen LogP contribution >= 0.6 is 11.3 Å². The third kappa shape index (κ3) is 0.978. The average molecular weight is 211 g/mol. The van der Waals surface area contributed by atoms with Gasteiger partial charge in [-0.15, -0.1) is 0 Å². The number of fused-ring (bicyclic) bond motifs is 1. The van der Waals surface area contributed by atoms with Gasteiger partial charge in [0.1, 0.15) is 0 Å². The molecule has 0 spiro atoms. The van der Waals surface area contributed by atoms with E-state index in [9.17, 15) is 0 Å². The Bertz CT molecular complexity index is 322. The summed E-state index contributed by atoms with van der Waals surface area (Å²) in [5.41, 5.74) is 1.13. The molecule has 1 nitrogen and oxygen atoms in total. The number of thiazole rings is 1. The maximum atomic E-state index is 4.36. The minimum atomic E-state index is 1.13. The number of hydrogen-bond donors (Lipinski definition) is 0. The van der Waals surface area contributed by atoms with Crippen molar-refractivity contribution in [2.24, 2.45) is 0 Å². The fraction of sp³-hybridized carbons (Fsp3) is 0. The summed E-state index contributed by atoms with van der Waals surface area (Å²) in [6.07, 6.45) is 0. The van der Waals surface area contributed by atoms with Gasteiger partial charge in [0.15, 0.2) is 0 Å². The van der Waals surface area contributed by atoms with Crippen LogP contribution in [0.4, 0.5) is 0 Å². The molecule has 0 fully saturated rings. The van der Waals surface area contributed by atoms with Crippen LogP contribution in [0.1, 0.15) is 0 Å². The summed E-state index contributed by atoms with van der Waals surface area (Å²) in [6.45, 7) is 0. The van der Waals surface area contributed by atoms with Gasteiger partial charge >= 0.3 is 71.5 Å². The summed E-state index contributed by atoms with van der Waals surface area (Å²) < 4.78 is 2.50. The van der Waals surface area contributed by atoms with E-state index in [0.717, 1.165) is 5.52 Å². The first-order chi connectivity index (χ1) is 4.86. The molecule has 0 saturated heterocycles. The number of aromatic nitrogens is 1. The molecule has 1 aromatic carbocycles. The fourth-order valence-corrected chi connectivity index (χ4v) is 2.72. The number of rotatable bonds is 0. The van der Waals surface area contributed by atoms with Crippen molar-refractivity contribution in [2.75, 3.05) is 0 Å². The van der Waals surface area contributed by atoms with Crippen molar-refractivity contribution in [1.82, 2.24) is 4.98 Å². The number of nitrogens with zero attached hydrogens (tertiary/aromatic N) is 1. The Morgan fingerprint density at radius 2 is 2.10 bits per heavy atom. The van der Waals surface area contributed by atoms with Crippen LogP contribution in [-0.4, -0.2) is 21.8 Å². The zero-order valence-electron chi connectivity index (χ0n) is 5.24. The van der Waals surface area contributed by atoms with Gasteiger partial charge in [-0.25, -0.2) is 0 Å². The van der Waals surface area contributed by atoms with E-state index in [-0.39, 0.29) is 0 Å². The van der Waals surface area contributed by atoms with Crippen molar-refractivity contribution in [3.05, 3.63) is 24.3 Å². The SMILES string of the molecule is [AsH2]c1nc2ccccc2s1. The Kier molecular flexibility index (Phi) is 1.51. The summed E-state index contributed by atoms with van der Waals surface area (Å²) in [5.74, 6) is 0. The van der Waals surface area contributed by atoms with E-state index in [0.29, 0.717) is 0 Å². The molecule has 1 unspecified atom stereocenters. The van der Waals surface area contributed by atoms with E-state index >= 15 is 0 Å². The van der Waals surface area contributed by atoms with Gasteiger partial charge in [-0.1, -0.05) is 0 Å². The zero-order valence-corrected chi connectivity index (χ0v) is 8.48. The predicted molar refractivity (Wildman–Crippen MR) is 47.8 cm³/mol. The van der Waals surface area contributed by atoms with E-state index in [1.807, 2.05) is 12.1 Å². The van der Waals surface area contributed by atoms with Gasteiger partial charge < -0.3 is 0 Å². The molecule has 0 amide bonds. The third-order valence-electron chi connectivity index (χ3n) is 1.31. The molecular weight excluding hydrogens is 205 g/mol. The Morgan fingerprint density at radius 1 is 1.30 bits per heavy atom. The predicted octanol–water partition coefficient (Wildman–Crippen LogP) is 0.555. The van der Waals surface area contributed by atoms with Gasteiger partial charge in [0.2, 0.25) is 0 Å². The molecule has 1 aromatic heterocycles. The van der Waals surface area contributed by atoms with Crippen LogP contribution in [0.25, 0.3) is 10.2 Å². The van der Waals surface area contributed by atoms with Crippen molar-refractivity contribution < 1.29 is 0 Å². The van der Waals surface area contributed by atoms with Crippen LogP contribution < -0.4 is 3.80 Å². The quantitative estimate of drug-likeness (QED) is 0.580. The van der Waals surface area contributed by atoms with Gasteiger partial charge in [-0.2, -0.15) is 0 Å². The minimum absolute atomic E-state index is 1.13. The average Bonchev–Trinajstić information content (AvgIpc) is 2.27. The monoisotopic (exact) mass is 211 g/mol. The molecule has 50 valence electrons. The summed E-state index contributed by atoms with van der Waals surface area (Å²) in [5, 5.41) is 0. The van der Waals surface area contributed by atoms with Crippen molar-refractivity contribution in [3.8, 4) is 0 Å². The Morgan fingerprint density at radius 3 is 2.90 bits per heavy atom. The van der Waals surface area contributed by atoms with E-state index in [2.05, 4.69) is 17.1 Å². The molecule has 1 heterocycles. The van der Waals surface area contributed by atoms with Crippen LogP contribution in [0, 0.1) is 0 Å². The van der Waals surface area contributed by atoms with Gasteiger partial charge in [0.05, 0.1) is 0 Å². The molecule has 0 aliphatic heterocycles. The second-order valence-corrected chi connectivity index (χ2v) is 5.11. The second kappa shape index (κ2) is 2.37. The van der Waals surface area contributed by atoms with E-state index in [1.54, 1.807) is 28.2 Å². The molecule has 0 saturated carbocycles. The summed E-state index contributed by atoms with van der Waals surface area (Å²) >= 11 is 3.37. The molecule has 2 aromatic rings. The molecule has 0 aliphatic rings. The van der Waals surface area contributed by atoms with Crippen LogP contribution in [0.5, 0.6) is 0 Å². The van der Waals surface area contributed by atoms with Crippen LogP contribution in [0.3, 0.4) is 0 Å². The van der Waals surface area contributed by atoms with Gasteiger partial charge in [0, 0.05) is 0 Å². The molecule has 3 heteroatoms. The van der Waals surface area contributed by atoms with Gasteiger partial charge in [-0.05, 0) is 0 Å². The van der Waals surface area contributed by atoms with Gasteiger partial charge in [-0.3, -0.25) is 0 Å². The molecule has 0 aliphatic carbocycles. The van der Waals surface area contributed by atoms with Crippen LogP contribution in [-0.2, 0) is 0 Å². The Labute approximate surface area is 71.6 Å². The fourth-order valence-electron chi connectivity index (χ4n) is 0.890. The zero-order chi connectivity index (χ0) is 6.97. The summed E-state index contributed by atoms with van der Waals surface area (Å²) in [4.78, 5) is 4.36. The summed E-state index contributed by atoms with van der Waals surface area (Å²) in [6, 6.07) is 8.23. The number of para-hydroxylation sites is 1. The molecule has 1 atom stereocenters. The number of hydrogen-bond acceptors (Lipinski definition) is 2. The Balaban J connectivity index is 2.88. The first-order valence-corrected chi connectivity index (χ1v) is 5.00. The van der Waals surface area contributed by atoms with E-state index in [1.165, 1.54) is 8.50 Å². The topological polar surface area (TPSA) is 12.9 Å². The van der Waals surface area contributed by atoms with Crippen molar-refractivity contribution >= 4 is 42.2 Å². The molecule has 2 rings (SSSR count). The normalized spacial score (nSPS) is 10.5. The number of benzene rings is 1.